The Morgan fingerprint density at radius 3 is 2.33 bits per heavy atom. The molecule has 0 heterocycles. The second-order valence-electron chi connectivity index (χ2n) is 5.49. The molecule has 2 rings (SSSR count). The lowest BCUT2D eigenvalue weighted by Crippen LogP contribution is -2.30. The first-order valence-electron chi connectivity index (χ1n) is 7.77. The monoisotopic (exact) mass is 327 g/mol. The van der Waals surface area contributed by atoms with Crippen molar-refractivity contribution < 1.29 is 19.4 Å². The van der Waals surface area contributed by atoms with Gasteiger partial charge in [-0.25, -0.2) is 0 Å². The molecule has 0 saturated heterocycles. The second-order valence-corrected chi connectivity index (χ2v) is 5.49. The molecule has 2 aromatic rings. The Balaban J connectivity index is 2.01. The van der Waals surface area contributed by atoms with Gasteiger partial charge in [0.2, 0.25) is 5.91 Å². The molecule has 0 fully saturated rings. The van der Waals surface area contributed by atoms with Gasteiger partial charge in [0.05, 0.1) is 19.6 Å². The number of ether oxygens (including phenoxy) is 1. The lowest BCUT2D eigenvalue weighted by molar-refractivity contribution is -0.137. The summed E-state index contributed by atoms with van der Waals surface area (Å²) in [5.41, 5.74) is 1.78. The Bertz CT molecular complexity index is 668. The van der Waals surface area contributed by atoms with Crippen molar-refractivity contribution in [3.63, 3.8) is 0 Å². The molecule has 5 heteroatoms. The Labute approximate surface area is 141 Å². The van der Waals surface area contributed by atoms with Crippen molar-refractivity contribution in [3.05, 3.63) is 65.7 Å². The van der Waals surface area contributed by atoms with Crippen LogP contribution in [0.3, 0.4) is 0 Å². The molecule has 1 unspecified atom stereocenters. The number of amides is 1. The van der Waals surface area contributed by atoms with Gasteiger partial charge in [-0.05, 0) is 29.7 Å². The molecule has 0 spiro atoms. The molecule has 0 radical (unpaired) electrons. The summed E-state index contributed by atoms with van der Waals surface area (Å²) in [4.78, 5) is 23.2. The number of benzene rings is 2. The summed E-state index contributed by atoms with van der Waals surface area (Å²) in [5.74, 6) is -0.275. The van der Waals surface area contributed by atoms with Crippen LogP contribution in [0, 0.1) is 0 Å². The molecule has 2 N–H and O–H groups in total. The van der Waals surface area contributed by atoms with E-state index in [1.54, 1.807) is 7.11 Å². The van der Waals surface area contributed by atoms with E-state index >= 15 is 0 Å². The molecule has 2 aromatic carbocycles. The maximum absolute atomic E-state index is 12.3. The predicted octanol–water partition coefficient (Wildman–Crippen LogP) is 2.96. The van der Waals surface area contributed by atoms with E-state index in [0.29, 0.717) is 6.42 Å². The molecule has 1 atom stereocenters. The molecule has 0 aliphatic rings. The van der Waals surface area contributed by atoms with Crippen LogP contribution in [-0.4, -0.2) is 24.1 Å². The Kier molecular flexibility index (Phi) is 6.37. The summed E-state index contributed by atoms with van der Waals surface area (Å²) >= 11 is 0. The van der Waals surface area contributed by atoms with Crippen LogP contribution in [0.5, 0.6) is 5.75 Å². The third-order valence-corrected chi connectivity index (χ3v) is 3.71. The highest BCUT2D eigenvalue weighted by Crippen LogP contribution is 2.19. The maximum Gasteiger partial charge on any atom is 0.303 e. The lowest BCUT2D eigenvalue weighted by atomic mass is 10.0. The van der Waals surface area contributed by atoms with Crippen LogP contribution in [0.4, 0.5) is 0 Å². The predicted molar refractivity (Wildman–Crippen MR) is 90.9 cm³/mol. The van der Waals surface area contributed by atoms with Crippen LogP contribution in [-0.2, 0) is 16.0 Å². The maximum atomic E-state index is 12.3. The van der Waals surface area contributed by atoms with Gasteiger partial charge in [0.25, 0.3) is 0 Å². The van der Waals surface area contributed by atoms with Crippen molar-refractivity contribution in [1.82, 2.24) is 5.32 Å². The summed E-state index contributed by atoms with van der Waals surface area (Å²) in [7, 11) is 1.59. The zero-order chi connectivity index (χ0) is 17.4. The van der Waals surface area contributed by atoms with Crippen LogP contribution in [0.1, 0.15) is 30.0 Å². The molecule has 0 bridgehead atoms. The fourth-order valence-corrected chi connectivity index (χ4v) is 2.45. The number of carboxylic acids is 1. The highest BCUT2D eigenvalue weighted by atomic mass is 16.5. The highest BCUT2D eigenvalue weighted by Gasteiger charge is 2.16. The molecular formula is C19H21NO4. The van der Waals surface area contributed by atoms with Gasteiger partial charge >= 0.3 is 5.97 Å². The van der Waals surface area contributed by atoms with Crippen molar-refractivity contribution >= 4 is 11.9 Å². The van der Waals surface area contributed by atoms with Crippen LogP contribution in [0.15, 0.2) is 54.6 Å². The molecular weight excluding hydrogens is 306 g/mol. The fourth-order valence-electron chi connectivity index (χ4n) is 2.45. The third-order valence-electron chi connectivity index (χ3n) is 3.71. The summed E-state index contributed by atoms with van der Waals surface area (Å²) in [5, 5.41) is 11.8. The molecule has 5 nitrogen and oxygen atoms in total. The molecule has 0 aliphatic carbocycles. The molecule has 0 saturated carbocycles. The minimum Gasteiger partial charge on any atom is -0.497 e. The quantitative estimate of drug-likeness (QED) is 0.781. The number of carbonyl (C=O) groups excluding carboxylic acids is 1. The average molecular weight is 327 g/mol. The Hall–Kier alpha value is -2.82. The van der Waals surface area contributed by atoms with Gasteiger partial charge in [0.15, 0.2) is 0 Å². The van der Waals surface area contributed by atoms with Gasteiger partial charge in [-0.3, -0.25) is 9.59 Å². The SMILES string of the molecule is COc1ccc(CC(=O)NC(CCC(=O)O)c2ccccc2)cc1. The van der Waals surface area contributed by atoms with Crippen molar-refractivity contribution in [2.24, 2.45) is 0 Å². The van der Waals surface area contributed by atoms with Gasteiger partial charge in [0, 0.05) is 6.42 Å². The lowest BCUT2D eigenvalue weighted by Gasteiger charge is -2.18. The summed E-state index contributed by atoms with van der Waals surface area (Å²) in [6, 6.07) is 16.4. The summed E-state index contributed by atoms with van der Waals surface area (Å²) in [6.07, 6.45) is 0.594. The topological polar surface area (TPSA) is 75.6 Å². The molecule has 0 aromatic heterocycles. The zero-order valence-electron chi connectivity index (χ0n) is 13.6. The van der Waals surface area contributed by atoms with Gasteiger partial charge in [-0.15, -0.1) is 0 Å². The minimum absolute atomic E-state index is 0.00236. The molecule has 126 valence electrons. The van der Waals surface area contributed by atoms with Crippen LogP contribution in [0.25, 0.3) is 0 Å². The van der Waals surface area contributed by atoms with Crippen LogP contribution in [0.2, 0.25) is 0 Å². The molecule has 1 amide bonds. The number of carbonyl (C=O) groups is 2. The van der Waals surface area contributed by atoms with Crippen molar-refractivity contribution in [2.45, 2.75) is 25.3 Å². The largest absolute Gasteiger partial charge is 0.497 e. The standard InChI is InChI=1S/C19H21NO4/c1-24-16-9-7-14(8-10-16)13-18(21)20-17(11-12-19(22)23)15-5-3-2-4-6-15/h2-10,17H,11-13H2,1H3,(H,20,21)(H,22,23). The molecule has 24 heavy (non-hydrogen) atoms. The van der Waals surface area contributed by atoms with Crippen molar-refractivity contribution in [3.8, 4) is 5.75 Å². The van der Waals surface area contributed by atoms with E-state index in [-0.39, 0.29) is 24.8 Å². The smallest absolute Gasteiger partial charge is 0.303 e. The fraction of sp³-hybridized carbons (Fsp3) is 0.263. The number of hydrogen-bond acceptors (Lipinski definition) is 3. The minimum atomic E-state index is -0.875. The number of aliphatic carboxylic acids is 1. The number of rotatable bonds is 8. The van der Waals surface area contributed by atoms with E-state index in [1.165, 1.54) is 0 Å². The van der Waals surface area contributed by atoms with Crippen LogP contribution < -0.4 is 10.1 Å². The van der Waals surface area contributed by atoms with E-state index in [0.717, 1.165) is 16.9 Å². The van der Waals surface area contributed by atoms with Crippen molar-refractivity contribution in [1.29, 1.82) is 0 Å². The Morgan fingerprint density at radius 1 is 1.08 bits per heavy atom. The summed E-state index contributed by atoms with van der Waals surface area (Å²) in [6.45, 7) is 0. The van der Waals surface area contributed by atoms with E-state index < -0.39 is 5.97 Å². The van der Waals surface area contributed by atoms with E-state index in [2.05, 4.69) is 5.32 Å². The average Bonchev–Trinajstić information content (AvgIpc) is 2.60. The number of carboxylic acid groups (broad SMARTS) is 1. The van der Waals surface area contributed by atoms with Gasteiger partial charge < -0.3 is 15.2 Å². The number of nitrogens with one attached hydrogen (secondary N) is 1. The highest BCUT2D eigenvalue weighted by molar-refractivity contribution is 5.79. The van der Waals surface area contributed by atoms with E-state index in [1.807, 2.05) is 54.6 Å². The zero-order valence-corrected chi connectivity index (χ0v) is 13.6. The second kappa shape index (κ2) is 8.72. The number of hydrogen-bond donors (Lipinski definition) is 2. The van der Waals surface area contributed by atoms with E-state index in [9.17, 15) is 9.59 Å². The van der Waals surface area contributed by atoms with Crippen molar-refractivity contribution in [2.75, 3.05) is 7.11 Å². The van der Waals surface area contributed by atoms with Gasteiger partial charge in [-0.1, -0.05) is 42.5 Å². The Morgan fingerprint density at radius 2 is 1.75 bits per heavy atom. The summed E-state index contributed by atoms with van der Waals surface area (Å²) < 4.78 is 5.09. The first kappa shape index (κ1) is 17.5. The van der Waals surface area contributed by atoms with E-state index in [4.69, 9.17) is 9.84 Å². The number of methoxy groups -OCH3 is 1. The van der Waals surface area contributed by atoms with Gasteiger partial charge in [-0.2, -0.15) is 0 Å². The molecule has 0 aliphatic heterocycles. The third kappa shape index (κ3) is 5.43. The van der Waals surface area contributed by atoms with Gasteiger partial charge in [0.1, 0.15) is 5.75 Å². The first-order chi connectivity index (χ1) is 11.6. The normalized spacial score (nSPS) is 11.5. The van der Waals surface area contributed by atoms with Crippen LogP contribution >= 0.6 is 0 Å². The first-order valence-corrected chi connectivity index (χ1v) is 7.77.